The third kappa shape index (κ3) is 1.88. The van der Waals surface area contributed by atoms with E-state index in [1.807, 2.05) is 0 Å². The standard InChI is InChI=1S/C10H5BrF2N2O/c11-6-3-14-15(4-6)7-1-9(12)8(5-16)10(13)2-7/h1-5H. The van der Waals surface area contributed by atoms with Gasteiger partial charge in [-0.15, -0.1) is 0 Å². The van der Waals surface area contributed by atoms with Crippen molar-refractivity contribution in [2.75, 3.05) is 0 Å². The van der Waals surface area contributed by atoms with Crippen molar-refractivity contribution in [3.63, 3.8) is 0 Å². The summed E-state index contributed by atoms with van der Waals surface area (Å²) in [6.07, 6.45) is 3.19. The topological polar surface area (TPSA) is 34.9 Å². The molecule has 1 heterocycles. The summed E-state index contributed by atoms with van der Waals surface area (Å²) in [5.41, 5.74) is -0.360. The molecule has 3 nitrogen and oxygen atoms in total. The zero-order valence-electron chi connectivity index (χ0n) is 7.82. The molecule has 0 saturated heterocycles. The Morgan fingerprint density at radius 3 is 2.38 bits per heavy atom. The Balaban J connectivity index is 2.56. The molecular formula is C10H5BrF2N2O. The molecule has 0 spiro atoms. The number of aromatic nitrogens is 2. The van der Waals surface area contributed by atoms with Gasteiger partial charge in [-0.25, -0.2) is 13.5 Å². The van der Waals surface area contributed by atoms with Crippen molar-refractivity contribution in [1.82, 2.24) is 9.78 Å². The summed E-state index contributed by atoms with van der Waals surface area (Å²) in [4.78, 5) is 10.4. The van der Waals surface area contributed by atoms with Gasteiger partial charge in [0, 0.05) is 18.3 Å². The van der Waals surface area contributed by atoms with Crippen LogP contribution in [-0.4, -0.2) is 16.1 Å². The molecule has 0 aliphatic rings. The van der Waals surface area contributed by atoms with Crippen LogP contribution in [0.25, 0.3) is 5.69 Å². The number of hydrogen-bond acceptors (Lipinski definition) is 2. The van der Waals surface area contributed by atoms with Crippen LogP contribution in [0.15, 0.2) is 29.0 Å². The van der Waals surface area contributed by atoms with E-state index in [1.165, 1.54) is 10.9 Å². The molecule has 1 aromatic carbocycles. The first-order valence-corrected chi connectivity index (χ1v) is 5.06. The van der Waals surface area contributed by atoms with Crippen molar-refractivity contribution in [3.05, 3.63) is 46.2 Å². The van der Waals surface area contributed by atoms with Crippen molar-refractivity contribution >= 4 is 22.2 Å². The van der Waals surface area contributed by atoms with E-state index in [1.54, 1.807) is 6.20 Å². The Morgan fingerprint density at radius 2 is 1.94 bits per heavy atom. The smallest absolute Gasteiger partial charge is 0.155 e. The predicted molar refractivity (Wildman–Crippen MR) is 56.6 cm³/mol. The van der Waals surface area contributed by atoms with Crippen LogP contribution in [0.2, 0.25) is 0 Å². The molecule has 6 heteroatoms. The lowest BCUT2D eigenvalue weighted by Crippen LogP contribution is -2.00. The average Bonchev–Trinajstić information content (AvgIpc) is 2.64. The molecule has 2 rings (SSSR count). The zero-order valence-corrected chi connectivity index (χ0v) is 9.41. The largest absolute Gasteiger partial charge is 0.298 e. The lowest BCUT2D eigenvalue weighted by Gasteiger charge is -2.03. The molecule has 0 atom stereocenters. The SMILES string of the molecule is O=Cc1c(F)cc(-n2cc(Br)cn2)cc1F. The minimum Gasteiger partial charge on any atom is -0.298 e. The van der Waals surface area contributed by atoms with E-state index >= 15 is 0 Å². The van der Waals surface area contributed by atoms with E-state index in [9.17, 15) is 13.6 Å². The Kier molecular flexibility index (Phi) is 2.82. The van der Waals surface area contributed by atoms with E-state index in [0.717, 1.165) is 12.1 Å². The van der Waals surface area contributed by atoms with Crippen LogP contribution in [0.4, 0.5) is 8.78 Å². The normalized spacial score (nSPS) is 10.4. The highest BCUT2D eigenvalue weighted by molar-refractivity contribution is 9.10. The van der Waals surface area contributed by atoms with E-state index in [4.69, 9.17) is 0 Å². The molecule has 16 heavy (non-hydrogen) atoms. The molecule has 1 aromatic heterocycles. The zero-order chi connectivity index (χ0) is 11.7. The predicted octanol–water partition coefficient (Wildman–Crippen LogP) is 2.73. The number of carbonyl (C=O) groups excluding carboxylic acids is 1. The Labute approximate surface area is 97.8 Å². The third-order valence-corrected chi connectivity index (χ3v) is 2.41. The van der Waals surface area contributed by atoms with Crippen LogP contribution in [0.3, 0.4) is 0 Å². The highest BCUT2D eigenvalue weighted by atomic mass is 79.9. The van der Waals surface area contributed by atoms with Crippen molar-refractivity contribution in [1.29, 1.82) is 0 Å². The van der Waals surface area contributed by atoms with Crippen LogP contribution >= 0.6 is 15.9 Å². The van der Waals surface area contributed by atoms with Gasteiger partial charge in [0.05, 0.1) is 21.9 Å². The minimum atomic E-state index is -0.906. The van der Waals surface area contributed by atoms with Gasteiger partial charge >= 0.3 is 0 Å². The summed E-state index contributed by atoms with van der Waals surface area (Å²) in [6.45, 7) is 0. The van der Waals surface area contributed by atoms with Gasteiger partial charge < -0.3 is 0 Å². The van der Waals surface area contributed by atoms with Gasteiger partial charge in [0.1, 0.15) is 11.6 Å². The van der Waals surface area contributed by atoms with Gasteiger partial charge in [-0.2, -0.15) is 5.10 Å². The molecule has 0 amide bonds. The number of aldehydes is 1. The first-order valence-electron chi connectivity index (χ1n) is 4.26. The van der Waals surface area contributed by atoms with Crippen molar-refractivity contribution in [3.8, 4) is 5.69 Å². The van der Waals surface area contributed by atoms with Crippen LogP contribution < -0.4 is 0 Å². The molecule has 0 bridgehead atoms. The third-order valence-electron chi connectivity index (χ3n) is 2.00. The Bertz CT molecular complexity index is 530. The number of nitrogens with zero attached hydrogens (tertiary/aromatic N) is 2. The molecule has 0 N–H and O–H groups in total. The van der Waals surface area contributed by atoms with E-state index < -0.39 is 17.2 Å². The summed E-state index contributed by atoms with van der Waals surface area (Å²) >= 11 is 3.17. The van der Waals surface area contributed by atoms with Gasteiger partial charge in [0.25, 0.3) is 0 Å². The molecule has 82 valence electrons. The molecule has 0 fully saturated rings. The summed E-state index contributed by atoms with van der Waals surface area (Å²) in [5.74, 6) is -1.81. The number of halogens is 3. The molecule has 0 aliphatic carbocycles. The number of carbonyl (C=O) groups is 1. The van der Waals surface area contributed by atoms with Crippen LogP contribution in [0.5, 0.6) is 0 Å². The van der Waals surface area contributed by atoms with Crippen molar-refractivity contribution in [2.45, 2.75) is 0 Å². The number of hydrogen-bond donors (Lipinski definition) is 0. The molecule has 0 saturated carbocycles. The molecule has 2 aromatic rings. The molecule has 0 unspecified atom stereocenters. The first-order chi connectivity index (χ1) is 7.61. The maximum Gasteiger partial charge on any atom is 0.155 e. The van der Waals surface area contributed by atoms with E-state index in [0.29, 0.717) is 4.47 Å². The average molecular weight is 287 g/mol. The van der Waals surface area contributed by atoms with E-state index in [2.05, 4.69) is 21.0 Å². The molecule has 0 radical (unpaired) electrons. The monoisotopic (exact) mass is 286 g/mol. The van der Waals surface area contributed by atoms with Crippen LogP contribution in [0.1, 0.15) is 10.4 Å². The lowest BCUT2D eigenvalue weighted by atomic mass is 10.2. The van der Waals surface area contributed by atoms with Crippen LogP contribution in [-0.2, 0) is 0 Å². The van der Waals surface area contributed by atoms with Gasteiger partial charge in [0.15, 0.2) is 6.29 Å². The number of benzene rings is 1. The van der Waals surface area contributed by atoms with Gasteiger partial charge in [-0.05, 0) is 15.9 Å². The quantitative estimate of drug-likeness (QED) is 0.796. The summed E-state index contributed by atoms with van der Waals surface area (Å²) in [6, 6.07) is 2.10. The van der Waals surface area contributed by atoms with Gasteiger partial charge in [-0.1, -0.05) is 0 Å². The maximum atomic E-state index is 13.3. The second-order valence-electron chi connectivity index (χ2n) is 3.04. The fourth-order valence-electron chi connectivity index (χ4n) is 1.26. The second-order valence-corrected chi connectivity index (χ2v) is 3.96. The summed E-state index contributed by atoms with van der Waals surface area (Å²) in [7, 11) is 0. The summed E-state index contributed by atoms with van der Waals surface area (Å²) in [5, 5.41) is 3.87. The van der Waals surface area contributed by atoms with Crippen LogP contribution in [0, 0.1) is 11.6 Å². The lowest BCUT2D eigenvalue weighted by molar-refractivity contribution is 0.111. The molecular weight excluding hydrogens is 282 g/mol. The highest BCUT2D eigenvalue weighted by Crippen LogP contribution is 2.18. The first kappa shape index (κ1) is 10.9. The second kappa shape index (κ2) is 4.13. The van der Waals surface area contributed by atoms with Gasteiger partial charge in [0.2, 0.25) is 0 Å². The van der Waals surface area contributed by atoms with Gasteiger partial charge in [-0.3, -0.25) is 4.79 Å². The fourth-order valence-corrected chi connectivity index (χ4v) is 1.54. The van der Waals surface area contributed by atoms with Crippen molar-refractivity contribution < 1.29 is 13.6 Å². The fraction of sp³-hybridized carbons (Fsp3) is 0. The highest BCUT2D eigenvalue weighted by Gasteiger charge is 2.11. The summed E-state index contributed by atoms with van der Waals surface area (Å²) < 4.78 is 28.5. The number of rotatable bonds is 2. The Morgan fingerprint density at radius 1 is 1.31 bits per heavy atom. The Hall–Kier alpha value is -1.56. The van der Waals surface area contributed by atoms with Crippen molar-refractivity contribution in [2.24, 2.45) is 0 Å². The van der Waals surface area contributed by atoms with E-state index in [-0.39, 0.29) is 12.0 Å². The minimum absolute atomic E-state index is 0.146. The maximum absolute atomic E-state index is 13.3. The molecule has 0 aliphatic heterocycles.